The van der Waals surface area contributed by atoms with E-state index in [9.17, 15) is 9.18 Å². The summed E-state index contributed by atoms with van der Waals surface area (Å²) in [4.78, 5) is 20.8. The molecule has 0 radical (unpaired) electrons. The summed E-state index contributed by atoms with van der Waals surface area (Å²) in [6.07, 6.45) is 0. The van der Waals surface area contributed by atoms with Crippen molar-refractivity contribution in [2.24, 2.45) is 0 Å². The maximum atomic E-state index is 13.3. The molecular formula is C19H14FN5O. The lowest BCUT2D eigenvalue weighted by Gasteiger charge is -2.09. The van der Waals surface area contributed by atoms with Crippen LogP contribution in [0.25, 0.3) is 0 Å². The Bertz CT molecular complexity index is 996. The number of aryl methyl sites for hydroxylation is 1. The number of carbonyl (C=O) groups excluding carboxylic acids is 1. The first-order chi connectivity index (χ1) is 12.5. The van der Waals surface area contributed by atoms with Gasteiger partial charge in [0, 0.05) is 17.1 Å². The summed E-state index contributed by atoms with van der Waals surface area (Å²) in [5, 5.41) is 14.4. The van der Waals surface area contributed by atoms with Crippen LogP contribution in [-0.4, -0.2) is 15.9 Å². The van der Waals surface area contributed by atoms with Crippen LogP contribution in [0.15, 0.2) is 54.6 Å². The number of anilines is 3. The molecule has 128 valence electrons. The van der Waals surface area contributed by atoms with Gasteiger partial charge in [0.25, 0.3) is 5.91 Å². The Hall–Kier alpha value is -3.79. The Morgan fingerprint density at radius 3 is 2.54 bits per heavy atom. The number of hydrogen-bond donors (Lipinski definition) is 2. The third-order valence-electron chi connectivity index (χ3n) is 3.44. The van der Waals surface area contributed by atoms with E-state index in [0.29, 0.717) is 22.6 Å². The van der Waals surface area contributed by atoms with Gasteiger partial charge in [-0.2, -0.15) is 5.26 Å². The van der Waals surface area contributed by atoms with Gasteiger partial charge in [-0.15, -0.1) is 0 Å². The second-order valence-corrected chi connectivity index (χ2v) is 5.50. The number of rotatable bonds is 4. The number of halogens is 1. The second-order valence-electron chi connectivity index (χ2n) is 5.50. The van der Waals surface area contributed by atoms with Gasteiger partial charge in [0.2, 0.25) is 5.95 Å². The van der Waals surface area contributed by atoms with Crippen LogP contribution in [0, 0.1) is 24.1 Å². The molecule has 0 bridgehead atoms. The summed E-state index contributed by atoms with van der Waals surface area (Å²) in [6, 6.07) is 15.9. The molecule has 1 aromatic heterocycles. The average molecular weight is 347 g/mol. The summed E-state index contributed by atoms with van der Waals surface area (Å²) < 4.78 is 13.3. The number of carbonyl (C=O) groups is 1. The van der Waals surface area contributed by atoms with Gasteiger partial charge in [0.15, 0.2) is 0 Å². The maximum Gasteiger partial charge on any atom is 0.274 e. The fourth-order valence-electron chi connectivity index (χ4n) is 2.26. The highest BCUT2D eigenvalue weighted by atomic mass is 19.1. The standard InChI is InChI=1S/C19H14FN5O/c1-12-9-17(18(26)23-15-7-5-13(11-21)6-8-15)25-19(22-12)24-16-4-2-3-14(20)10-16/h2-10H,1H3,(H,23,26)(H,22,24,25). The predicted molar refractivity (Wildman–Crippen MR) is 95.6 cm³/mol. The summed E-state index contributed by atoms with van der Waals surface area (Å²) in [6.45, 7) is 1.73. The molecule has 6 nitrogen and oxygen atoms in total. The summed E-state index contributed by atoms with van der Waals surface area (Å²) >= 11 is 0. The predicted octanol–water partition coefficient (Wildman–Crippen LogP) is 3.79. The SMILES string of the molecule is Cc1cc(C(=O)Nc2ccc(C#N)cc2)nc(Nc2cccc(F)c2)n1. The first kappa shape index (κ1) is 17.0. The molecule has 0 aliphatic rings. The van der Waals surface area contributed by atoms with Crippen molar-refractivity contribution in [2.75, 3.05) is 10.6 Å². The molecule has 2 N–H and O–H groups in total. The van der Waals surface area contributed by atoms with Gasteiger partial charge in [-0.1, -0.05) is 6.07 Å². The molecule has 0 aliphatic heterocycles. The minimum atomic E-state index is -0.414. The Morgan fingerprint density at radius 1 is 1.08 bits per heavy atom. The fourth-order valence-corrected chi connectivity index (χ4v) is 2.26. The van der Waals surface area contributed by atoms with Crippen LogP contribution in [0.1, 0.15) is 21.7 Å². The van der Waals surface area contributed by atoms with Gasteiger partial charge in [0.05, 0.1) is 11.6 Å². The summed E-state index contributed by atoms with van der Waals surface area (Å²) in [7, 11) is 0. The van der Waals surface area contributed by atoms with E-state index in [1.165, 1.54) is 12.1 Å². The molecule has 1 heterocycles. The van der Waals surface area contributed by atoms with Gasteiger partial charge < -0.3 is 10.6 Å². The molecule has 7 heteroatoms. The highest BCUT2D eigenvalue weighted by Crippen LogP contribution is 2.16. The van der Waals surface area contributed by atoms with Crippen LogP contribution in [-0.2, 0) is 0 Å². The first-order valence-corrected chi connectivity index (χ1v) is 7.73. The molecule has 3 rings (SSSR count). The zero-order valence-corrected chi connectivity index (χ0v) is 13.8. The number of hydrogen-bond acceptors (Lipinski definition) is 5. The number of nitrogens with zero attached hydrogens (tertiary/aromatic N) is 3. The van der Waals surface area contributed by atoms with E-state index in [2.05, 4.69) is 20.6 Å². The van der Waals surface area contributed by atoms with Gasteiger partial charge in [-0.05, 0) is 55.5 Å². The Kier molecular flexibility index (Phi) is 4.85. The van der Waals surface area contributed by atoms with Crippen LogP contribution < -0.4 is 10.6 Å². The first-order valence-electron chi connectivity index (χ1n) is 7.73. The molecule has 3 aromatic rings. The Morgan fingerprint density at radius 2 is 1.85 bits per heavy atom. The molecule has 1 amide bonds. The van der Waals surface area contributed by atoms with Gasteiger partial charge >= 0.3 is 0 Å². The second kappa shape index (κ2) is 7.40. The largest absolute Gasteiger partial charge is 0.324 e. The number of nitriles is 1. The fraction of sp³-hybridized carbons (Fsp3) is 0.0526. The molecule has 0 fully saturated rings. The quantitative estimate of drug-likeness (QED) is 0.749. The maximum absolute atomic E-state index is 13.3. The topological polar surface area (TPSA) is 90.7 Å². The molecule has 0 saturated heterocycles. The number of benzene rings is 2. The average Bonchev–Trinajstić information content (AvgIpc) is 2.62. The minimum absolute atomic E-state index is 0.167. The molecule has 2 aromatic carbocycles. The van der Waals surface area contributed by atoms with Gasteiger partial charge in [-0.3, -0.25) is 4.79 Å². The molecule has 26 heavy (non-hydrogen) atoms. The lowest BCUT2D eigenvalue weighted by molar-refractivity contribution is 0.102. The Labute approximate surface area is 149 Å². The van der Waals surface area contributed by atoms with E-state index in [1.807, 2.05) is 6.07 Å². The van der Waals surface area contributed by atoms with Crippen LogP contribution in [0.5, 0.6) is 0 Å². The van der Waals surface area contributed by atoms with Crippen molar-refractivity contribution in [3.63, 3.8) is 0 Å². The third kappa shape index (κ3) is 4.19. The summed E-state index contributed by atoms with van der Waals surface area (Å²) in [5.74, 6) is -0.607. The zero-order valence-electron chi connectivity index (χ0n) is 13.8. The molecule has 0 atom stereocenters. The van der Waals surface area contributed by atoms with Crippen LogP contribution in [0.4, 0.5) is 21.7 Å². The lowest BCUT2D eigenvalue weighted by Crippen LogP contribution is -2.15. The highest BCUT2D eigenvalue weighted by molar-refractivity contribution is 6.03. The monoisotopic (exact) mass is 347 g/mol. The molecular weight excluding hydrogens is 333 g/mol. The molecule has 0 unspecified atom stereocenters. The van der Waals surface area contributed by atoms with Crippen LogP contribution >= 0.6 is 0 Å². The van der Waals surface area contributed by atoms with Crippen molar-refractivity contribution in [1.82, 2.24) is 9.97 Å². The van der Waals surface area contributed by atoms with E-state index < -0.39 is 5.91 Å². The van der Waals surface area contributed by atoms with Gasteiger partial charge in [0.1, 0.15) is 11.5 Å². The third-order valence-corrected chi connectivity index (χ3v) is 3.44. The lowest BCUT2D eigenvalue weighted by atomic mass is 10.2. The zero-order chi connectivity index (χ0) is 18.5. The molecule has 0 spiro atoms. The van der Waals surface area contributed by atoms with E-state index in [4.69, 9.17) is 5.26 Å². The smallest absolute Gasteiger partial charge is 0.274 e. The minimum Gasteiger partial charge on any atom is -0.324 e. The Balaban J connectivity index is 1.79. The molecule has 0 saturated carbocycles. The van der Waals surface area contributed by atoms with E-state index >= 15 is 0 Å². The van der Waals surface area contributed by atoms with Crippen LogP contribution in [0.3, 0.4) is 0 Å². The van der Waals surface area contributed by atoms with Crippen molar-refractivity contribution in [3.05, 3.63) is 77.4 Å². The van der Waals surface area contributed by atoms with E-state index in [-0.39, 0.29) is 17.5 Å². The highest BCUT2D eigenvalue weighted by Gasteiger charge is 2.11. The number of nitrogens with one attached hydrogen (secondary N) is 2. The van der Waals surface area contributed by atoms with E-state index in [0.717, 1.165) is 0 Å². The van der Waals surface area contributed by atoms with Crippen LogP contribution in [0.2, 0.25) is 0 Å². The van der Waals surface area contributed by atoms with E-state index in [1.54, 1.807) is 49.4 Å². The number of amides is 1. The normalized spacial score (nSPS) is 10.0. The van der Waals surface area contributed by atoms with Crippen molar-refractivity contribution in [2.45, 2.75) is 6.92 Å². The van der Waals surface area contributed by atoms with Gasteiger partial charge in [-0.25, -0.2) is 14.4 Å². The summed E-state index contributed by atoms with van der Waals surface area (Å²) in [5.41, 5.74) is 2.28. The van der Waals surface area contributed by atoms with Crippen molar-refractivity contribution < 1.29 is 9.18 Å². The van der Waals surface area contributed by atoms with Crippen molar-refractivity contribution >= 4 is 23.2 Å². The van der Waals surface area contributed by atoms with Crippen molar-refractivity contribution in [3.8, 4) is 6.07 Å². The number of aromatic nitrogens is 2. The van der Waals surface area contributed by atoms with Crippen molar-refractivity contribution in [1.29, 1.82) is 5.26 Å². The molecule has 0 aliphatic carbocycles.